The smallest absolute Gasteiger partial charge is 0.335 e. The molecule has 2 aromatic heterocycles. The second-order valence-corrected chi connectivity index (χ2v) is 5.46. The molecule has 3 rings (SSSR count). The number of carbonyl (C=O) groups is 1. The third-order valence-electron chi connectivity index (χ3n) is 3.04. The monoisotopic (exact) mass is 312 g/mol. The Hall–Kier alpha value is -2.80. The van der Waals surface area contributed by atoms with Gasteiger partial charge in [0, 0.05) is 23.5 Å². The fourth-order valence-electron chi connectivity index (χ4n) is 1.90. The molecule has 7 heteroatoms. The molecule has 0 atom stereocenters. The van der Waals surface area contributed by atoms with Gasteiger partial charge in [-0.3, -0.25) is 0 Å². The summed E-state index contributed by atoms with van der Waals surface area (Å²) in [5, 5.41) is 14.8. The third kappa shape index (κ3) is 2.94. The zero-order chi connectivity index (χ0) is 15.5. The number of thiazole rings is 1. The molecule has 0 aliphatic carbocycles. The highest BCUT2D eigenvalue weighted by atomic mass is 32.1. The Morgan fingerprint density at radius 1 is 1.23 bits per heavy atom. The zero-order valence-corrected chi connectivity index (χ0v) is 12.5. The lowest BCUT2D eigenvalue weighted by atomic mass is 10.1. The van der Waals surface area contributed by atoms with Crippen molar-refractivity contribution in [3.63, 3.8) is 0 Å². The Bertz CT molecular complexity index is 818. The highest BCUT2D eigenvalue weighted by Crippen LogP contribution is 2.23. The van der Waals surface area contributed by atoms with Gasteiger partial charge in [-0.05, 0) is 30.7 Å². The van der Waals surface area contributed by atoms with Crippen LogP contribution in [0.15, 0.2) is 42.0 Å². The van der Waals surface area contributed by atoms with E-state index in [0.717, 1.165) is 16.3 Å². The van der Waals surface area contributed by atoms with Crippen LogP contribution in [-0.4, -0.2) is 26.0 Å². The topological polar surface area (TPSA) is 88.0 Å². The molecule has 0 saturated carbocycles. The van der Waals surface area contributed by atoms with Gasteiger partial charge in [0.15, 0.2) is 0 Å². The molecule has 0 amide bonds. The number of rotatable bonds is 4. The summed E-state index contributed by atoms with van der Waals surface area (Å²) < 4.78 is 0. The number of anilines is 2. The van der Waals surface area contributed by atoms with E-state index in [1.54, 1.807) is 36.7 Å². The summed E-state index contributed by atoms with van der Waals surface area (Å²) >= 11 is 1.49. The molecule has 0 spiro atoms. The second kappa shape index (κ2) is 5.90. The third-order valence-corrected chi connectivity index (χ3v) is 3.83. The van der Waals surface area contributed by atoms with Gasteiger partial charge in [-0.25, -0.2) is 19.7 Å². The van der Waals surface area contributed by atoms with Crippen LogP contribution in [0, 0.1) is 6.92 Å². The molecule has 0 saturated heterocycles. The van der Waals surface area contributed by atoms with Crippen LogP contribution in [0.3, 0.4) is 0 Å². The number of carboxylic acids is 1. The van der Waals surface area contributed by atoms with Crippen molar-refractivity contribution in [2.24, 2.45) is 0 Å². The summed E-state index contributed by atoms with van der Waals surface area (Å²) in [7, 11) is 0. The fraction of sp³-hybridized carbons (Fsp3) is 0.0667. The minimum atomic E-state index is -0.972. The molecular weight excluding hydrogens is 300 g/mol. The maximum Gasteiger partial charge on any atom is 0.335 e. The lowest BCUT2D eigenvalue weighted by Crippen LogP contribution is -2.02. The van der Waals surface area contributed by atoms with Crippen molar-refractivity contribution in [3.05, 3.63) is 53.2 Å². The van der Waals surface area contributed by atoms with Gasteiger partial charge in [-0.2, -0.15) is 0 Å². The lowest BCUT2D eigenvalue weighted by molar-refractivity contribution is 0.0697. The van der Waals surface area contributed by atoms with E-state index in [0.29, 0.717) is 11.6 Å². The molecule has 0 fully saturated rings. The van der Waals surface area contributed by atoms with Gasteiger partial charge < -0.3 is 10.4 Å². The number of nitrogens with one attached hydrogen (secondary N) is 1. The average Bonchev–Trinajstić information content (AvgIpc) is 3.04. The number of benzene rings is 1. The summed E-state index contributed by atoms with van der Waals surface area (Å²) in [4.78, 5) is 23.8. The molecule has 6 nitrogen and oxygen atoms in total. The molecule has 110 valence electrons. The van der Waals surface area contributed by atoms with Crippen LogP contribution < -0.4 is 5.32 Å². The Labute approximate surface area is 130 Å². The van der Waals surface area contributed by atoms with E-state index in [1.807, 2.05) is 12.3 Å². The van der Waals surface area contributed by atoms with Crippen LogP contribution in [0.4, 0.5) is 11.6 Å². The normalized spacial score (nSPS) is 10.4. The summed E-state index contributed by atoms with van der Waals surface area (Å²) in [5.74, 6) is -0.571. The highest BCUT2D eigenvalue weighted by molar-refractivity contribution is 7.13. The maximum atomic E-state index is 11.1. The summed E-state index contributed by atoms with van der Waals surface area (Å²) in [5.41, 5.74) is 2.51. The van der Waals surface area contributed by atoms with E-state index in [9.17, 15) is 4.79 Å². The molecule has 22 heavy (non-hydrogen) atoms. The molecule has 0 bridgehead atoms. The molecule has 1 aromatic carbocycles. The van der Waals surface area contributed by atoms with Crippen molar-refractivity contribution >= 4 is 28.9 Å². The standard InChI is InChI=1S/C15H12N4O2S/c1-9-2-3-10(14(20)21)8-12(9)19-15-17-5-4-11(18-15)13-16-6-7-22-13/h2-8H,1H3,(H,20,21)(H,17,18,19). The number of nitrogens with zero attached hydrogens (tertiary/aromatic N) is 3. The van der Waals surface area contributed by atoms with Gasteiger partial charge in [0.25, 0.3) is 0 Å². The summed E-state index contributed by atoms with van der Waals surface area (Å²) in [6.45, 7) is 1.89. The first-order valence-corrected chi connectivity index (χ1v) is 7.35. The van der Waals surface area contributed by atoms with Crippen LogP contribution in [0.2, 0.25) is 0 Å². The Balaban J connectivity index is 1.92. The van der Waals surface area contributed by atoms with E-state index < -0.39 is 5.97 Å². The predicted octanol–water partition coefficient (Wildman–Crippen LogP) is 3.35. The number of hydrogen-bond acceptors (Lipinski definition) is 6. The highest BCUT2D eigenvalue weighted by Gasteiger charge is 2.09. The second-order valence-electron chi connectivity index (χ2n) is 4.56. The molecule has 0 radical (unpaired) electrons. The van der Waals surface area contributed by atoms with Gasteiger partial charge in [0.1, 0.15) is 10.7 Å². The minimum Gasteiger partial charge on any atom is -0.478 e. The number of hydrogen-bond donors (Lipinski definition) is 2. The number of aromatic carboxylic acids is 1. The summed E-state index contributed by atoms with van der Waals surface area (Å²) in [6, 6.07) is 6.66. The van der Waals surface area contributed by atoms with E-state index in [-0.39, 0.29) is 5.56 Å². The van der Waals surface area contributed by atoms with Crippen molar-refractivity contribution in [3.8, 4) is 10.7 Å². The maximum absolute atomic E-state index is 11.1. The quantitative estimate of drug-likeness (QED) is 0.768. The summed E-state index contributed by atoms with van der Waals surface area (Å²) in [6.07, 6.45) is 3.36. The molecule has 0 unspecified atom stereocenters. The fourth-order valence-corrected chi connectivity index (χ4v) is 2.50. The van der Waals surface area contributed by atoms with Crippen molar-refractivity contribution in [1.82, 2.24) is 15.0 Å². The predicted molar refractivity (Wildman–Crippen MR) is 84.6 cm³/mol. The van der Waals surface area contributed by atoms with Gasteiger partial charge in [0.2, 0.25) is 5.95 Å². The van der Waals surface area contributed by atoms with Crippen LogP contribution >= 0.6 is 11.3 Å². The first kappa shape index (κ1) is 14.2. The van der Waals surface area contributed by atoms with Gasteiger partial charge in [0.05, 0.1) is 5.56 Å². The molecule has 2 N–H and O–H groups in total. The van der Waals surface area contributed by atoms with Crippen LogP contribution in [0.5, 0.6) is 0 Å². The SMILES string of the molecule is Cc1ccc(C(=O)O)cc1Nc1nccc(-c2nccs2)n1. The Kier molecular flexibility index (Phi) is 3.80. The molecular formula is C15H12N4O2S. The van der Waals surface area contributed by atoms with Crippen molar-refractivity contribution in [2.75, 3.05) is 5.32 Å². The van der Waals surface area contributed by atoms with Crippen LogP contribution in [0.25, 0.3) is 10.7 Å². The van der Waals surface area contributed by atoms with Crippen molar-refractivity contribution in [1.29, 1.82) is 0 Å². The largest absolute Gasteiger partial charge is 0.478 e. The van der Waals surface area contributed by atoms with Crippen molar-refractivity contribution in [2.45, 2.75) is 6.92 Å². The van der Waals surface area contributed by atoms with Crippen LogP contribution in [0.1, 0.15) is 15.9 Å². The van der Waals surface area contributed by atoms with Gasteiger partial charge in [-0.1, -0.05) is 6.07 Å². The first-order chi connectivity index (χ1) is 10.6. The van der Waals surface area contributed by atoms with Crippen LogP contribution in [-0.2, 0) is 0 Å². The Morgan fingerprint density at radius 3 is 2.82 bits per heavy atom. The van der Waals surface area contributed by atoms with E-state index in [2.05, 4.69) is 20.3 Å². The molecule has 0 aliphatic heterocycles. The van der Waals surface area contributed by atoms with Crippen molar-refractivity contribution < 1.29 is 9.90 Å². The number of aromatic nitrogens is 3. The lowest BCUT2D eigenvalue weighted by Gasteiger charge is -2.09. The minimum absolute atomic E-state index is 0.212. The molecule has 3 aromatic rings. The van der Waals surface area contributed by atoms with E-state index >= 15 is 0 Å². The first-order valence-electron chi connectivity index (χ1n) is 6.47. The zero-order valence-electron chi connectivity index (χ0n) is 11.6. The Morgan fingerprint density at radius 2 is 2.09 bits per heavy atom. The van der Waals surface area contributed by atoms with Gasteiger partial charge in [-0.15, -0.1) is 11.3 Å². The van der Waals surface area contributed by atoms with E-state index in [1.165, 1.54) is 11.3 Å². The average molecular weight is 312 g/mol. The van der Waals surface area contributed by atoms with Gasteiger partial charge >= 0.3 is 5.97 Å². The number of carboxylic acid groups (broad SMARTS) is 1. The van der Waals surface area contributed by atoms with E-state index in [4.69, 9.17) is 5.11 Å². The molecule has 0 aliphatic rings. The molecule has 2 heterocycles. The number of aryl methyl sites for hydroxylation is 1.